The van der Waals surface area contributed by atoms with Crippen LogP contribution < -0.4 is 0 Å². The molecule has 0 aliphatic rings. The van der Waals surface area contributed by atoms with Crippen molar-refractivity contribution in [1.82, 2.24) is 9.97 Å². The van der Waals surface area contributed by atoms with E-state index in [9.17, 15) is 4.79 Å². The number of benzene rings is 2. The summed E-state index contributed by atoms with van der Waals surface area (Å²) < 4.78 is 4.71. The lowest BCUT2D eigenvalue weighted by atomic mass is 10.1. The van der Waals surface area contributed by atoms with Gasteiger partial charge in [0.15, 0.2) is 0 Å². The van der Waals surface area contributed by atoms with Crippen LogP contribution >= 0.6 is 0 Å². The summed E-state index contributed by atoms with van der Waals surface area (Å²) in [5, 5.41) is 0. The minimum Gasteiger partial charge on any atom is -0.465 e. The van der Waals surface area contributed by atoms with E-state index in [1.165, 1.54) is 7.11 Å². The van der Waals surface area contributed by atoms with Gasteiger partial charge in [-0.15, -0.1) is 0 Å². The largest absolute Gasteiger partial charge is 0.465 e. The molecule has 0 amide bonds. The molecule has 1 aromatic heterocycles. The maximum Gasteiger partial charge on any atom is 0.337 e. The lowest BCUT2D eigenvalue weighted by molar-refractivity contribution is 0.0601. The molecule has 4 nitrogen and oxygen atoms in total. The zero-order valence-electron chi connectivity index (χ0n) is 10.9. The van der Waals surface area contributed by atoms with E-state index < -0.39 is 0 Å². The molecule has 20 heavy (non-hydrogen) atoms. The Morgan fingerprint density at radius 1 is 1.05 bits per heavy atom. The van der Waals surface area contributed by atoms with Crippen LogP contribution in [0.1, 0.15) is 10.4 Å². The molecule has 0 spiro atoms. The summed E-state index contributed by atoms with van der Waals surface area (Å²) >= 11 is 0. The van der Waals surface area contributed by atoms with Crippen molar-refractivity contribution in [1.29, 1.82) is 0 Å². The lowest BCUT2D eigenvalue weighted by Crippen LogP contribution is -2.01. The highest BCUT2D eigenvalue weighted by Crippen LogP contribution is 2.19. The molecular weight excluding hydrogens is 252 g/mol. The maximum absolute atomic E-state index is 11.5. The monoisotopic (exact) mass is 264 g/mol. The molecule has 4 heteroatoms. The maximum atomic E-state index is 11.5. The van der Waals surface area contributed by atoms with Gasteiger partial charge >= 0.3 is 5.97 Å². The fourth-order valence-corrected chi connectivity index (χ4v) is 2.00. The van der Waals surface area contributed by atoms with Crippen molar-refractivity contribution in [3.63, 3.8) is 0 Å². The number of nitrogens with zero attached hydrogens (tertiary/aromatic N) is 2. The lowest BCUT2D eigenvalue weighted by Gasteiger charge is -2.04. The molecule has 0 aliphatic heterocycles. The number of hydrogen-bond acceptors (Lipinski definition) is 4. The number of ether oxygens (including phenoxy) is 1. The first-order valence-corrected chi connectivity index (χ1v) is 6.18. The third kappa shape index (κ3) is 2.23. The van der Waals surface area contributed by atoms with Crippen LogP contribution in [0.25, 0.3) is 22.3 Å². The Balaban J connectivity index is 2.12. The number of esters is 1. The van der Waals surface area contributed by atoms with Gasteiger partial charge in [0.2, 0.25) is 0 Å². The Kier molecular flexibility index (Phi) is 3.13. The van der Waals surface area contributed by atoms with Crippen molar-refractivity contribution in [2.45, 2.75) is 0 Å². The van der Waals surface area contributed by atoms with E-state index in [0.717, 1.165) is 16.8 Å². The first-order valence-electron chi connectivity index (χ1n) is 6.18. The molecule has 0 saturated carbocycles. The van der Waals surface area contributed by atoms with E-state index in [0.29, 0.717) is 11.1 Å². The van der Waals surface area contributed by atoms with Crippen LogP contribution in [-0.4, -0.2) is 23.0 Å². The van der Waals surface area contributed by atoms with Crippen molar-refractivity contribution < 1.29 is 9.53 Å². The summed E-state index contributed by atoms with van der Waals surface area (Å²) in [6, 6.07) is 14.9. The fraction of sp³-hybridized carbons (Fsp3) is 0.0625. The van der Waals surface area contributed by atoms with Crippen LogP contribution in [0.2, 0.25) is 0 Å². The molecule has 98 valence electrons. The topological polar surface area (TPSA) is 52.1 Å². The van der Waals surface area contributed by atoms with Gasteiger partial charge < -0.3 is 4.74 Å². The summed E-state index contributed by atoms with van der Waals surface area (Å²) in [5.74, 6) is -0.376. The van der Waals surface area contributed by atoms with E-state index >= 15 is 0 Å². The minimum absolute atomic E-state index is 0.376. The SMILES string of the molecule is COC(=O)c1ccc2ncc(-c3ccccc3)nc2c1. The Morgan fingerprint density at radius 2 is 1.85 bits per heavy atom. The highest BCUT2D eigenvalue weighted by Gasteiger charge is 2.08. The summed E-state index contributed by atoms with van der Waals surface area (Å²) in [7, 11) is 1.36. The van der Waals surface area contributed by atoms with Crippen LogP contribution in [0.15, 0.2) is 54.7 Å². The molecule has 0 unspecified atom stereocenters. The summed E-state index contributed by atoms with van der Waals surface area (Å²) in [6.45, 7) is 0. The van der Waals surface area contributed by atoms with Gasteiger partial charge in [-0.2, -0.15) is 0 Å². The first-order chi connectivity index (χ1) is 9.78. The third-order valence-electron chi connectivity index (χ3n) is 3.03. The molecule has 3 rings (SSSR count). The van der Waals surface area contributed by atoms with Gasteiger partial charge in [-0.25, -0.2) is 9.78 Å². The highest BCUT2D eigenvalue weighted by atomic mass is 16.5. The van der Waals surface area contributed by atoms with Crippen LogP contribution in [0.3, 0.4) is 0 Å². The number of rotatable bonds is 2. The van der Waals surface area contributed by atoms with E-state index in [1.807, 2.05) is 30.3 Å². The molecule has 0 saturated heterocycles. The summed E-state index contributed by atoms with van der Waals surface area (Å²) in [4.78, 5) is 20.5. The molecule has 0 fully saturated rings. The standard InChI is InChI=1S/C16H12N2O2/c1-20-16(19)12-7-8-13-14(9-12)18-15(10-17-13)11-5-3-2-4-6-11/h2-10H,1H3. The Hall–Kier alpha value is -2.75. The Bertz CT molecular complexity index is 770. The van der Waals surface area contributed by atoms with Crippen molar-refractivity contribution in [2.24, 2.45) is 0 Å². The third-order valence-corrected chi connectivity index (χ3v) is 3.03. The normalized spacial score (nSPS) is 10.4. The molecular formula is C16H12N2O2. The molecule has 0 N–H and O–H groups in total. The summed E-state index contributed by atoms with van der Waals surface area (Å²) in [6.07, 6.45) is 1.73. The Morgan fingerprint density at radius 3 is 2.60 bits per heavy atom. The van der Waals surface area contributed by atoms with Crippen molar-refractivity contribution in [2.75, 3.05) is 7.11 Å². The van der Waals surface area contributed by atoms with Gasteiger partial charge in [0.1, 0.15) is 0 Å². The van der Waals surface area contributed by atoms with Gasteiger partial charge in [0, 0.05) is 5.56 Å². The average molecular weight is 264 g/mol. The molecule has 0 bridgehead atoms. The van der Waals surface area contributed by atoms with Crippen LogP contribution in [0.5, 0.6) is 0 Å². The van der Waals surface area contributed by atoms with Gasteiger partial charge in [-0.05, 0) is 18.2 Å². The highest BCUT2D eigenvalue weighted by molar-refractivity contribution is 5.93. The predicted octanol–water partition coefficient (Wildman–Crippen LogP) is 3.08. The van der Waals surface area contributed by atoms with Crippen LogP contribution in [-0.2, 0) is 4.74 Å². The van der Waals surface area contributed by atoms with Gasteiger partial charge in [-0.1, -0.05) is 30.3 Å². The predicted molar refractivity (Wildman–Crippen MR) is 76.3 cm³/mol. The zero-order chi connectivity index (χ0) is 13.9. The van der Waals surface area contributed by atoms with Crippen LogP contribution in [0, 0.1) is 0 Å². The van der Waals surface area contributed by atoms with E-state index in [-0.39, 0.29) is 5.97 Å². The van der Waals surface area contributed by atoms with Crippen molar-refractivity contribution in [3.05, 3.63) is 60.3 Å². The second-order valence-electron chi connectivity index (χ2n) is 4.32. The number of aromatic nitrogens is 2. The van der Waals surface area contributed by atoms with Crippen LogP contribution in [0.4, 0.5) is 0 Å². The minimum atomic E-state index is -0.376. The summed E-state index contributed by atoms with van der Waals surface area (Å²) in [5.41, 5.74) is 3.66. The second kappa shape index (κ2) is 5.09. The van der Waals surface area contributed by atoms with E-state index in [4.69, 9.17) is 4.74 Å². The first kappa shape index (κ1) is 12.3. The Labute approximate surface area is 116 Å². The molecule has 1 heterocycles. The quantitative estimate of drug-likeness (QED) is 0.667. The molecule has 3 aromatic rings. The van der Waals surface area contributed by atoms with Crippen molar-refractivity contribution in [3.8, 4) is 11.3 Å². The smallest absolute Gasteiger partial charge is 0.337 e. The number of fused-ring (bicyclic) bond motifs is 1. The fourth-order valence-electron chi connectivity index (χ4n) is 2.00. The van der Waals surface area contributed by atoms with Crippen molar-refractivity contribution >= 4 is 17.0 Å². The second-order valence-corrected chi connectivity index (χ2v) is 4.32. The number of methoxy groups -OCH3 is 1. The number of carbonyl (C=O) groups excluding carboxylic acids is 1. The van der Waals surface area contributed by atoms with E-state index in [2.05, 4.69) is 9.97 Å². The average Bonchev–Trinajstić information content (AvgIpc) is 2.54. The molecule has 2 aromatic carbocycles. The molecule has 0 aliphatic carbocycles. The zero-order valence-corrected chi connectivity index (χ0v) is 10.9. The van der Waals surface area contributed by atoms with Gasteiger partial charge in [0.25, 0.3) is 0 Å². The molecule has 0 atom stereocenters. The number of carbonyl (C=O) groups is 1. The van der Waals surface area contributed by atoms with Gasteiger partial charge in [-0.3, -0.25) is 4.98 Å². The molecule has 0 radical (unpaired) electrons. The van der Waals surface area contributed by atoms with Gasteiger partial charge in [0.05, 0.1) is 35.6 Å². The van der Waals surface area contributed by atoms with E-state index in [1.54, 1.807) is 24.4 Å². The number of hydrogen-bond donors (Lipinski definition) is 0.